The van der Waals surface area contributed by atoms with Crippen molar-refractivity contribution in [1.29, 1.82) is 0 Å². The number of anilines is 1. The first-order valence-electron chi connectivity index (χ1n) is 6.52. The van der Waals surface area contributed by atoms with Crippen molar-refractivity contribution >= 4 is 34.9 Å². The number of benzene rings is 2. The van der Waals surface area contributed by atoms with Gasteiger partial charge in [0.1, 0.15) is 0 Å². The van der Waals surface area contributed by atoms with Gasteiger partial charge in [-0.1, -0.05) is 47.5 Å². The lowest BCUT2D eigenvalue weighted by Gasteiger charge is -2.18. The number of para-hydroxylation sites is 1. The van der Waals surface area contributed by atoms with Crippen molar-refractivity contribution < 1.29 is 9.90 Å². The summed E-state index contributed by atoms with van der Waals surface area (Å²) >= 11 is 11.9. The van der Waals surface area contributed by atoms with E-state index < -0.39 is 5.97 Å². The number of carboxylic acids is 1. The summed E-state index contributed by atoms with van der Waals surface area (Å²) in [6.07, 6.45) is 0.577. The zero-order valence-corrected chi connectivity index (χ0v) is 12.7. The minimum Gasteiger partial charge on any atom is -0.481 e. The Balaban J connectivity index is 2.12. The molecule has 2 rings (SSSR count). The molecule has 0 radical (unpaired) electrons. The number of aliphatic carboxylic acids is 1. The minimum absolute atomic E-state index is 0.0230. The average molecular weight is 324 g/mol. The number of hydrogen-bond acceptors (Lipinski definition) is 2. The number of carboxylic acid groups (broad SMARTS) is 1. The van der Waals surface area contributed by atoms with Crippen LogP contribution in [0.4, 0.5) is 5.69 Å². The van der Waals surface area contributed by atoms with E-state index >= 15 is 0 Å². The van der Waals surface area contributed by atoms with Crippen molar-refractivity contribution in [2.24, 2.45) is 0 Å². The molecule has 2 aromatic carbocycles. The first kappa shape index (κ1) is 15.7. The van der Waals surface area contributed by atoms with Crippen LogP contribution in [0, 0.1) is 0 Å². The second-order valence-electron chi connectivity index (χ2n) is 4.76. The van der Waals surface area contributed by atoms with Crippen LogP contribution in [0.25, 0.3) is 0 Å². The van der Waals surface area contributed by atoms with Gasteiger partial charge in [0, 0.05) is 11.7 Å². The van der Waals surface area contributed by atoms with Crippen LogP contribution in [-0.4, -0.2) is 17.1 Å². The molecule has 0 aliphatic rings. The van der Waals surface area contributed by atoms with Crippen LogP contribution in [0.15, 0.2) is 48.5 Å². The van der Waals surface area contributed by atoms with Gasteiger partial charge < -0.3 is 10.4 Å². The maximum Gasteiger partial charge on any atom is 0.305 e. The number of halogens is 2. The van der Waals surface area contributed by atoms with E-state index in [0.29, 0.717) is 16.5 Å². The Bertz CT molecular complexity index is 617. The molecule has 0 bridgehead atoms. The van der Waals surface area contributed by atoms with Gasteiger partial charge in [0.2, 0.25) is 0 Å². The highest BCUT2D eigenvalue weighted by Crippen LogP contribution is 2.24. The Morgan fingerprint density at radius 3 is 2.43 bits per heavy atom. The summed E-state index contributed by atoms with van der Waals surface area (Å²) in [5.41, 5.74) is 1.84. The topological polar surface area (TPSA) is 49.3 Å². The second-order valence-corrected chi connectivity index (χ2v) is 5.57. The number of carbonyl (C=O) groups is 1. The third-order valence-corrected chi connectivity index (χ3v) is 3.77. The summed E-state index contributed by atoms with van der Waals surface area (Å²) in [6.45, 7) is 0. The SMILES string of the molecule is O=C(O)CC(Cc1ccc(Cl)c(Cl)c1)Nc1ccccc1. The maximum absolute atomic E-state index is 11.0. The summed E-state index contributed by atoms with van der Waals surface area (Å²) in [4.78, 5) is 11.0. The first-order chi connectivity index (χ1) is 10.0. The molecule has 5 heteroatoms. The number of rotatable bonds is 6. The summed E-state index contributed by atoms with van der Waals surface area (Å²) in [5, 5.41) is 13.3. The molecule has 21 heavy (non-hydrogen) atoms. The predicted octanol–water partition coefficient (Wildman–Crippen LogP) is 4.49. The van der Waals surface area contributed by atoms with Crippen molar-refractivity contribution in [3.05, 3.63) is 64.1 Å². The summed E-state index contributed by atoms with van der Waals surface area (Å²) in [6, 6.07) is 14.7. The normalized spacial score (nSPS) is 11.9. The van der Waals surface area contributed by atoms with Gasteiger partial charge in [-0.3, -0.25) is 4.79 Å². The van der Waals surface area contributed by atoms with Crippen LogP contribution in [0.5, 0.6) is 0 Å². The molecule has 2 N–H and O–H groups in total. The minimum atomic E-state index is -0.844. The fourth-order valence-corrected chi connectivity index (χ4v) is 2.43. The molecule has 0 amide bonds. The van der Waals surface area contributed by atoms with Crippen molar-refractivity contribution in [2.75, 3.05) is 5.32 Å². The average Bonchev–Trinajstić information content (AvgIpc) is 2.43. The van der Waals surface area contributed by atoms with Gasteiger partial charge in [0.25, 0.3) is 0 Å². The highest BCUT2D eigenvalue weighted by atomic mass is 35.5. The van der Waals surface area contributed by atoms with Crippen LogP contribution in [0.3, 0.4) is 0 Å². The van der Waals surface area contributed by atoms with E-state index in [0.717, 1.165) is 11.3 Å². The number of hydrogen-bond donors (Lipinski definition) is 2. The molecular formula is C16H15Cl2NO2. The molecule has 0 spiro atoms. The van der Waals surface area contributed by atoms with Gasteiger partial charge in [0.15, 0.2) is 0 Å². The van der Waals surface area contributed by atoms with Gasteiger partial charge in [-0.15, -0.1) is 0 Å². The summed E-state index contributed by atoms with van der Waals surface area (Å²) < 4.78 is 0. The van der Waals surface area contributed by atoms with E-state index in [2.05, 4.69) is 5.32 Å². The van der Waals surface area contributed by atoms with Gasteiger partial charge in [-0.05, 0) is 36.2 Å². The summed E-state index contributed by atoms with van der Waals surface area (Å²) in [5.74, 6) is -0.844. The van der Waals surface area contributed by atoms with Gasteiger partial charge in [0.05, 0.1) is 16.5 Å². The Morgan fingerprint density at radius 1 is 1.10 bits per heavy atom. The number of nitrogens with one attached hydrogen (secondary N) is 1. The van der Waals surface area contributed by atoms with Crippen molar-refractivity contribution in [3.8, 4) is 0 Å². The smallest absolute Gasteiger partial charge is 0.305 e. The van der Waals surface area contributed by atoms with Gasteiger partial charge >= 0.3 is 5.97 Å². The van der Waals surface area contributed by atoms with Gasteiger partial charge in [-0.2, -0.15) is 0 Å². The molecule has 0 aromatic heterocycles. The molecule has 0 saturated heterocycles. The highest BCUT2D eigenvalue weighted by molar-refractivity contribution is 6.42. The van der Waals surface area contributed by atoms with E-state index in [1.54, 1.807) is 12.1 Å². The van der Waals surface area contributed by atoms with E-state index in [-0.39, 0.29) is 12.5 Å². The molecule has 110 valence electrons. The lowest BCUT2D eigenvalue weighted by atomic mass is 10.0. The maximum atomic E-state index is 11.0. The molecular weight excluding hydrogens is 309 g/mol. The van der Waals surface area contributed by atoms with E-state index in [4.69, 9.17) is 28.3 Å². The van der Waals surface area contributed by atoms with Gasteiger partial charge in [-0.25, -0.2) is 0 Å². The highest BCUT2D eigenvalue weighted by Gasteiger charge is 2.14. The molecule has 2 aromatic rings. The van der Waals surface area contributed by atoms with Crippen LogP contribution >= 0.6 is 23.2 Å². The zero-order chi connectivity index (χ0) is 15.2. The molecule has 0 saturated carbocycles. The van der Waals surface area contributed by atoms with Crippen LogP contribution in [0.2, 0.25) is 10.0 Å². The molecule has 1 unspecified atom stereocenters. The van der Waals surface area contributed by atoms with Crippen molar-refractivity contribution in [2.45, 2.75) is 18.9 Å². The van der Waals surface area contributed by atoms with Crippen LogP contribution in [0.1, 0.15) is 12.0 Å². The third kappa shape index (κ3) is 4.96. The quantitative estimate of drug-likeness (QED) is 0.823. The van der Waals surface area contributed by atoms with Crippen molar-refractivity contribution in [1.82, 2.24) is 0 Å². The standard InChI is InChI=1S/C16H15Cl2NO2/c17-14-7-6-11(9-15(14)18)8-13(10-16(20)21)19-12-4-2-1-3-5-12/h1-7,9,13,19H,8,10H2,(H,20,21). The summed E-state index contributed by atoms with van der Waals surface area (Å²) in [7, 11) is 0. The second kappa shape index (κ2) is 7.34. The van der Waals surface area contributed by atoms with Crippen LogP contribution < -0.4 is 5.32 Å². The molecule has 1 atom stereocenters. The van der Waals surface area contributed by atoms with E-state index in [9.17, 15) is 4.79 Å². The Labute approximate surface area is 133 Å². The lowest BCUT2D eigenvalue weighted by Crippen LogP contribution is -2.25. The largest absolute Gasteiger partial charge is 0.481 e. The Morgan fingerprint density at radius 2 is 1.81 bits per heavy atom. The predicted molar refractivity (Wildman–Crippen MR) is 86.3 cm³/mol. The fourth-order valence-electron chi connectivity index (χ4n) is 2.11. The molecule has 3 nitrogen and oxygen atoms in total. The van der Waals surface area contributed by atoms with E-state index in [1.165, 1.54) is 0 Å². The molecule has 0 aliphatic carbocycles. The van der Waals surface area contributed by atoms with Crippen molar-refractivity contribution in [3.63, 3.8) is 0 Å². The molecule has 0 fully saturated rings. The monoisotopic (exact) mass is 323 g/mol. The first-order valence-corrected chi connectivity index (χ1v) is 7.27. The Hall–Kier alpha value is -1.71. The fraction of sp³-hybridized carbons (Fsp3) is 0.188. The molecule has 0 aliphatic heterocycles. The van der Waals surface area contributed by atoms with Crippen LogP contribution in [-0.2, 0) is 11.2 Å². The third-order valence-electron chi connectivity index (χ3n) is 3.03. The molecule has 0 heterocycles. The zero-order valence-electron chi connectivity index (χ0n) is 11.2. The Kier molecular flexibility index (Phi) is 5.48. The van der Waals surface area contributed by atoms with E-state index in [1.807, 2.05) is 36.4 Å². The lowest BCUT2D eigenvalue weighted by molar-refractivity contribution is -0.137.